The van der Waals surface area contributed by atoms with Gasteiger partial charge in [-0.2, -0.15) is 0 Å². The quantitative estimate of drug-likeness (QED) is 0.741. The summed E-state index contributed by atoms with van der Waals surface area (Å²) in [5, 5.41) is 0. The number of aromatic nitrogens is 2. The van der Waals surface area contributed by atoms with Crippen molar-refractivity contribution in [2.24, 2.45) is 0 Å². The molecule has 1 aromatic heterocycles. The van der Waals surface area contributed by atoms with E-state index in [1.165, 1.54) is 0 Å². The minimum atomic E-state index is -0.0638. The first kappa shape index (κ1) is 11.7. The van der Waals surface area contributed by atoms with E-state index in [1.54, 1.807) is 6.20 Å². The number of fused-ring (bicyclic) bond motifs is 1. The molecule has 1 aliphatic carbocycles. The van der Waals surface area contributed by atoms with E-state index in [0.717, 1.165) is 37.4 Å². The van der Waals surface area contributed by atoms with Crippen LogP contribution in [0.4, 0.5) is 0 Å². The Hall–Kier alpha value is -1.33. The second-order valence-electron chi connectivity index (χ2n) is 4.99. The molecule has 2 aliphatic rings. The van der Waals surface area contributed by atoms with E-state index >= 15 is 0 Å². The number of likely N-dealkylation sites (N-methyl/N-ethyl adjacent to an activating group) is 1. The van der Waals surface area contributed by atoms with Crippen molar-refractivity contribution in [3.63, 3.8) is 0 Å². The summed E-state index contributed by atoms with van der Waals surface area (Å²) in [4.78, 5) is 22.8. The molecule has 1 fully saturated rings. The fourth-order valence-corrected chi connectivity index (χ4v) is 2.50. The molecule has 2 heterocycles. The number of nitrogens with zero attached hydrogens (tertiary/aromatic N) is 3. The average molecular weight is 247 g/mol. The van der Waals surface area contributed by atoms with Crippen molar-refractivity contribution in [2.75, 3.05) is 26.7 Å². The standard InChI is InChI=1S/C13H17N3O2/c1-16-5-6-18-12(8-16)13-14-7-9-10(15-13)3-2-4-11(9)17/h7,12H,2-6,8H2,1H3. The third-order valence-electron chi connectivity index (χ3n) is 3.56. The minimum absolute atomic E-state index is 0.0638. The third kappa shape index (κ3) is 2.15. The van der Waals surface area contributed by atoms with Crippen molar-refractivity contribution in [3.05, 3.63) is 23.3 Å². The Morgan fingerprint density at radius 1 is 1.44 bits per heavy atom. The van der Waals surface area contributed by atoms with Gasteiger partial charge in [0.1, 0.15) is 6.10 Å². The molecule has 1 aromatic rings. The van der Waals surface area contributed by atoms with Crippen LogP contribution in [0.5, 0.6) is 0 Å². The lowest BCUT2D eigenvalue weighted by Gasteiger charge is -2.29. The third-order valence-corrected chi connectivity index (χ3v) is 3.56. The normalized spacial score (nSPS) is 24.9. The molecule has 0 bridgehead atoms. The first-order valence-corrected chi connectivity index (χ1v) is 6.43. The van der Waals surface area contributed by atoms with Gasteiger partial charge < -0.3 is 9.64 Å². The second kappa shape index (κ2) is 4.74. The van der Waals surface area contributed by atoms with Crippen molar-refractivity contribution >= 4 is 5.78 Å². The summed E-state index contributed by atoms with van der Waals surface area (Å²) in [5.41, 5.74) is 1.60. The molecule has 18 heavy (non-hydrogen) atoms. The van der Waals surface area contributed by atoms with E-state index in [1.807, 2.05) is 0 Å². The van der Waals surface area contributed by atoms with Crippen LogP contribution in [0, 0.1) is 0 Å². The zero-order valence-corrected chi connectivity index (χ0v) is 10.6. The molecule has 0 amide bonds. The fourth-order valence-electron chi connectivity index (χ4n) is 2.50. The smallest absolute Gasteiger partial charge is 0.166 e. The second-order valence-corrected chi connectivity index (χ2v) is 4.99. The average Bonchev–Trinajstić information content (AvgIpc) is 2.39. The molecule has 1 aliphatic heterocycles. The number of ketones is 1. The molecular weight excluding hydrogens is 230 g/mol. The van der Waals surface area contributed by atoms with Gasteiger partial charge in [0, 0.05) is 25.7 Å². The highest BCUT2D eigenvalue weighted by Crippen LogP contribution is 2.23. The minimum Gasteiger partial charge on any atom is -0.368 e. The number of hydrogen-bond donors (Lipinski definition) is 0. The van der Waals surface area contributed by atoms with Crippen LogP contribution in [-0.2, 0) is 11.2 Å². The number of ether oxygens (including phenoxy) is 1. The molecule has 5 nitrogen and oxygen atoms in total. The Morgan fingerprint density at radius 3 is 3.17 bits per heavy atom. The number of carbonyl (C=O) groups excluding carboxylic acids is 1. The van der Waals surface area contributed by atoms with Crippen LogP contribution in [0.3, 0.4) is 0 Å². The molecule has 0 aromatic carbocycles. The van der Waals surface area contributed by atoms with Gasteiger partial charge in [-0.15, -0.1) is 0 Å². The molecule has 1 unspecified atom stereocenters. The number of Topliss-reactive ketones (excluding diaryl/α,β-unsaturated/α-hetero) is 1. The summed E-state index contributed by atoms with van der Waals surface area (Å²) in [5.74, 6) is 0.888. The van der Waals surface area contributed by atoms with E-state index in [2.05, 4.69) is 21.9 Å². The van der Waals surface area contributed by atoms with E-state index < -0.39 is 0 Å². The van der Waals surface area contributed by atoms with E-state index in [0.29, 0.717) is 18.6 Å². The topological polar surface area (TPSA) is 55.3 Å². The number of rotatable bonds is 1. The van der Waals surface area contributed by atoms with E-state index in [-0.39, 0.29) is 11.9 Å². The zero-order chi connectivity index (χ0) is 12.5. The Morgan fingerprint density at radius 2 is 2.33 bits per heavy atom. The molecule has 5 heteroatoms. The fraction of sp³-hybridized carbons (Fsp3) is 0.615. The molecule has 0 N–H and O–H groups in total. The first-order chi connectivity index (χ1) is 8.74. The summed E-state index contributed by atoms with van der Waals surface area (Å²) in [7, 11) is 2.07. The van der Waals surface area contributed by atoms with Gasteiger partial charge in [-0.1, -0.05) is 0 Å². The lowest BCUT2D eigenvalue weighted by Crippen LogP contribution is -2.36. The van der Waals surface area contributed by atoms with Crippen LogP contribution >= 0.6 is 0 Å². The molecule has 0 saturated carbocycles. The summed E-state index contributed by atoms with van der Waals surface area (Å²) in [6, 6.07) is 0. The molecule has 96 valence electrons. The maximum absolute atomic E-state index is 11.7. The van der Waals surface area contributed by atoms with E-state index in [4.69, 9.17) is 4.74 Å². The Balaban J connectivity index is 1.87. The Bertz CT molecular complexity index is 475. The monoisotopic (exact) mass is 247 g/mol. The molecule has 1 saturated heterocycles. The molecule has 1 atom stereocenters. The number of aryl methyl sites for hydroxylation is 1. The molecule has 3 rings (SSSR count). The van der Waals surface area contributed by atoms with Crippen LogP contribution < -0.4 is 0 Å². The predicted octanol–water partition coefficient (Wildman–Crippen LogP) is 0.999. The summed E-state index contributed by atoms with van der Waals surface area (Å²) < 4.78 is 5.70. The Kier molecular flexibility index (Phi) is 3.09. The molecule has 0 spiro atoms. The Labute approximate surface area is 106 Å². The predicted molar refractivity (Wildman–Crippen MR) is 65.5 cm³/mol. The van der Waals surface area contributed by atoms with Crippen molar-refractivity contribution in [1.29, 1.82) is 0 Å². The van der Waals surface area contributed by atoms with Gasteiger partial charge in [0.2, 0.25) is 0 Å². The number of morpholine rings is 1. The van der Waals surface area contributed by atoms with Crippen molar-refractivity contribution < 1.29 is 9.53 Å². The largest absolute Gasteiger partial charge is 0.368 e. The summed E-state index contributed by atoms with van der Waals surface area (Å²) in [6.45, 7) is 2.47. The molecule has 0 radical (unpaired) electrons. The summed E-state index contributed by atoms with van der Waals surface area (Å²) in [6.07, 6.45) is 4.01. The summed E-state index contributed by atoms with van der Waals surface area (Å²) >= 11 is 0. The van der Waals surface area contributed by atoms with Gasteiger partial charge in [-0.05, 0) is 19.9 Å². The van der Waals surface area contributed by atoms with Crippen molar-refractivity contribution in [2.45, 2.75) is 25.4 Å². The van der Waals surface area contributed by atoms with Gasteiger partial charge in [0.25, 0.3) is 0 Å². The van der Waals surface area contributed by atoms with Crippen LogP contribution in [0.15, 0.2) is 6.20 Å². The van der Waals surface area contributed by atoms with Gasteiger partial charge >= 0.3 is 0 Å². The van der Waals surface area contributed by atoms with Gasteiger partial charge in [-0.3, -0.25) is 4.79 Å². The lowest BCUT2D eigenvalue weighted by atomic mass is 9.96. The van der Waals surface area contributed by atoms with Crippen LogP contribution in [0.25, 0.3) is 0 Å². The van der Waals surface area contributed by atoms with Crippen LogP contribution in [0.2, 0.25) is 0 Å². The number of hydrogen-bond acceptors (Lipinski definition) is 5. The van der Waals surface area contributed by atoms with E-state index in [9.17, 15) is 4.79 Å². The zero-order valence-electron chi connectivity index (χ0n) is 10.6. The maximum atomic E-state index is 11.7. The number of carbonyl (C=O) groups is 1. The lowest BCUT2D eigenvalue weighted by molar-refractivity contribution is -0.0256. The highest BCUT2D eigenvalue weighted by Gasteiger charge is 2.25. The maximum Gasteiger partial charge on any atom is 0.166 e. The SMILES string of the molecule is CN1CCOC(c2ncc3c(n2)CCCC3=O)C1. The van der Waals surface area contributed by atoms with Crippen LogP contribution in [-0.4, -0.2) is 47.4 Å². The van der Waals surface area contributed by atoms with Gasteiger partial charge in [0.15, 0.2) is 11.6 Å². The van der Waals surface area contributed by atoms with Crippen molar-refractivity contribution in [1.82, 2.24) is 14.9 Å². The van der Waals surface area contributed by atoms with Gasteiger partial charge in [-0.25, -0.2) is 9.97 Å². The highest BCUT2D eigenvalue weighted by molar-refractivity contribution is 5.97. The van der Waals surface area contributed by atoms with Crippen LogP contribution in [0.1, 0.15) is 40.8 Å². The highest BCUT2D eigenvalue weighted by atomic mass is 16.5. The molecular formula is C13H17N3O2. The van der Waals surface area contributed by atoms with Crippen molar-refractivity contribution in [3.8, 4) is 0 Å². The first-order valence-electron chi connectivity index (χ1n) is 6.43. The van der Waals surface area contributed by atoms with Gasteiger partial charge in [0.05, 0.1) is 17.9 Å².